The molecule has 1 fully saturated rings. The van der Waals surface area contributed by atoms with Crippen molar-refractivity contribution in [2.45, 2.75) is 38.6 Å². The summed E-state index contributed by atoms with van der Waals surface area (Å²) in [6.07, 6.45) is 5.38. The third-order valence-corrected chi connectivity index (χ3v) is 3.12. The Morgan fingerprint density at radius 2 is 2.00 bits per heavy atom. The van der Waals surface area contributed by atoms with E-state index in [0.717, 1.165) is 0 Å². The SMILES string of the molecule is Cc1ccccc1[C@H]1CCCCCN1. The van der Waals surface area contributed by atoms with Gasteiger partial charge in [0.25, 0.3) is 0 Å². The lowest BCUT2D eigenvalue weighted by atomic mass is 9.98. The van der Waals surface area contributed by atoms with Crippen LogP contribution in [0.5, 0.6) is 0 Å². The van der Waals surface area contributed by atoms with Gasteiger partial charge in [-0.1, -0.05) is 37.1 Å². The summed E-state index contributed by atoms with van der Waals surface area (Å²) < 4.78 is 0. The standard InChI is InChI=1S/C13H19N/c1-11-7-4-5-8-12(11)13-9-3-2-6-10-14-13/h4-5,7-8,13-14H,2-3,6,9-10H2,1H3/t13-/m1/s1. The molecule has 1 heterocycles. The van der Waals surface area contributed by atoms with Gasteiger partial charge in [-0.3, -0.25) is 0 Å². The van der Waals surface area contributed by atoms with Crippen LogP contribution in [0.2, 0.25) is 0 Å². The fraction of sp³-hybridized carbons (Fsp3) is 0.538. The van der Waals surface area contributed by atoms with Crippen molar-refractivity contribution in [1.29, 1.82) is 0 Å². The van der Waals surface area contributed by atoms with Crippen LogP contribution in [0.25, 0.3) is 0 Å². The van der Waals surface area contributed by atoms with E-state index in [9.17, 15) is 0 Å². The van der Waals surface area contributed by atoms with Crippen molar-refractivity contribution >= 4 is 0 Å². The number of aryl methyl sites for hydroxylation is 1. The highest BCUT2D eigenvalue weighted by Crippen LogP contribution is 2.24. The lowest BCUT2D eigenvalue weighted by Crippen LogP contribution is -2.20. The first-order valence-electron chi connectivity index (χ1n) is 5.67. The highest BCUT2D eigenvalue weighted by atomic mass is 14.9. The molecule has 0 amide bonds. The highest BCUT2D eigenvalue weighted by molar-refractivity contribution is 5.28. The maximum absolute atomic E-state index is 3.64. The molecule has 0 aromatic heterocycles. The second-order valence-corrected chi connectivity index (χ2v) is 4.21. The van der Waals surface area contributed by atoms with E-state index in [1.54, 1.807) is 0 Å². The molecule has 0 unspecified atom stereocenters. The predicted molar refractivity (Wildman–Crippen MR) is 60.4 cm³/mol. The van der Waals surface area contributed by atoms with Crippen LogP contribution in [-0.2, 0) is 0 Å². The minimum atomic E-state index is 0.596. The van der Waals surface area contributed by atoms with E-state index in [2.05, 4.69) is 36.5 Å². The van der Waals surface area contributed by atoms with Gasteiger partial charge >= 0.3 is 0 Å². The minimum absolute atomic E-state index is 0.596. The van der Waals surface area contributed by atoms with Crippen LogP contribution < -0.4 is 5.32 Å². The highest BCUT2D eigenvalue weighted by Gasteiger charge is 2.14. The van der Waals surface area contributed by atoms with Gasteiger partial charge in [0.05, 0.1) is 0 Å². The molecule has 1 aromatic rings. The number of rotatable bonds is 1. The molecule has 0 saturated carbocycles. The first-order valence-corrected chi connectivity index (χ1v) is 5.67. The average Bonchev–Trinajstić information content (AvgIpc) is 2.47. The summed E-state index contributed by atoms with van der Waals surface area (Å²) in [6, 6.07) is 9.34. The molecule has 0 aliphatic carbocycles. The Morgan fingerprint density at radius 3 is 2.86 bits per heavy atom. The van der Waals surface area contributed by atoms with Gasteiger partial charge < -0.3 is 5.32 Å². The molecule has 0 radical (unpaired) electrons. The Bertz CT molecular complexity index is 285. The first kappa shape index (κ1) is 9.72. The summed E-state index contributed by atoms with van der Waals surface area (Å²) in [4.78, 5) is 0. The molecule has 2 rings (SSSR count). The van der Waals surface area contributed by atoms with E-state index < -0.39 is 0 Å². The van der Waals surface area contributed by atoms with Gasteiger partial charge in [0.2, 0.25) is 0 Å². The quantitative estimate of drug-likeness (QED) is 0.715. The molecule has 1 aliphatic heterocycles. The summed E-state index contributed by atoms with van der Waals surface area (Å²) in [6.45, 7) is 3.39. The normalized spacial score (nSPS) is 23.1. The zero-order valence-corrected chi connectivity index (χ0v) is 8.92. The fourth-order valence-corrected chi connectivity index (χ4v) is 2.27. The Hall–Kier alpha value is -0.820. The number of benzene rings is 1. The third-order valence-electron chi connectivity index (χ3n) is 3.12. The third kappa shape index (κ3) is 2.16. The average molecular weight is 189 g/mol. The smallest absolute Gasteiger partial charge is 0.0322 e. The summed E-state index contributed by atoms with van der Waals surface area (Å²) in [5.74, 6) is 0. The van der Waals surface area contributed by atoms with Crippen molar-refractivity contribution in [2.75, 3.05) is 6.54 Å². The molecular formula is C13H19N. The summed E-state index contributed by atoms with van der Waals surface area (Å²) >= 11 is 0. The summed E-state index contributed by atoms with van der Waals surface area (Å²) in [5, 5.41) is 3.64. The molecule has 1 N–H and O–H groups in total. The van der Waals surface area contributed by atoms with Crippen LogP contribution in [0, 0.1) is 6.92 Å². The topological polar surface area (TPSA) is 12.0 Å². The van der Waals surface area contributed by atoms with Crippen molar-refractivity contribution in [3.8, 4) is 0 Å². The molecule has 1 nitrogen and oxygen atoms in total. The Kier molecular flexibility index (Phi) is 3.20. The second kappa shape index (κ2) is 4.61. The molecule has 1 saturated heterocycles. The van der Waals surface area contributed by atoms with E-state index in [1.807, 2.05) is 0 Å². The lowest BCUT2D eigenvalue weighted by molar-refractivity contribution is 0.532. The van der Waals surface area contributed by atoms with E-state index >= 15 is 0 Å². The zero-order chi connectivity index (χ0) is 9.80. The van der Waals surface area contributed by atoms with E-state index in [0.29, 0.717) is 6.04 Å². The number of hydrogen-bond acceptors (Lipinski definition) is 1. The lowest BCUT2D eigenvalue weighted by Gasteiger charge is -2.18. The maximum Gasteiger partial charge on any atom is 0.0322 e. The Labute approximate surface area is 86.5 Å². The van der Waals surface area contributed by atoms with Crippen LogP contribution in [0.15, 0.2) is 24.3 Å². The molecule has 0 spiro atoms. The second-order valence-electron chi connectivity index (χ2n) is 4.21. The molecule has 14 heavy (non-hydrogen) atoms. The van der Waals surface area contributed by atoms with Gasteiger partial charge in [0.15, 0.2) is 0 Å². The van der Waals surface area contributed by atoms with Crippen molar-refractivity contribution in [3.63, 3.8) is 0 Å². The van der Waals surface area contributed by atoms with Crippen LogP contribution in [-0.4, -0.2) is 6.54 Å². The largest absolute Gasteiger partial charge is 0.310 e. The van der Waals surface area contributed by atoms with E-state index in [-0.39, 0.29) is 0 Å². The number of hydrogen-bond donors (Lipinski definition) is 1. The van der Waals surface area contributed by atoms with Gasteiger partial charge in [0.1, 0.15) is 0 Å². The molecular weight excluding hydrogens is 170 g/mol. The first-order chi connectivity index (χ1) is 6.88. The minimum Gasteiger partial charge on any atom is -0.310 e. The Morgan fingerprint density at radius 1 is 1.14 bits per heavy atom. The summed E-state index contributed by atoms with van der Waals surface area (Å²) in [5.41, 5.74) is 2.92. The van der Waals surface area contributed by atoms with Gasteiger partial charge in [-0.05, 0) is 37.4 Å². The van der Waals surface area contributed by atoms with Gasteiger partial charge in [0, 0.05) is 6.04 Å². The van der Waals surface area contributed by atoms with Crippen molar-refractivity contribution in [3.05, 3.63) is 35.4 Å². The van der Waals surface area contributed by atoms with Crippen LogP contribution >= 0.6 is 0 Å². The molecule has 1 aliphatic rings. The van der Waals surface area contributed by atoms with Crippen molar-refractivity contribution in [1.82, 2.24) is 5.32 Å². The molecule has 1 heteroatoms. The van der Waals surface area contributed by atoms with E-state index in [4.69, 9.17) is 0 Å². The fourth-order valence-electron chi connectivity index (χ4n) is 2.27. The Balaban J connectivity index is 2.16. The van der Waals surface area contributed by atoms with E-state index in [1.165, 1.54) is 43.4 Å². The summed E-state index contributed by atoms with van der Waals surface area (Å²) in [7, 11) is 0. The predicted octanol–water partition coefficient (Wildman–Crippen LogP) is 3.20. The molecule has 0 bridgehead atoms. The van der Waals surface area contributed by atoms with Gasteiger partial charge in [-0.25, -0.2) is 0 Å². The monoisotopic (exact) mass is 189 g/mol. The molecule has 76 valence electrons. The van der Waals surface area contributed by atoms with Crippen LogP contribution in [0.4, 0.5) is 0 Å². The zero-order valence-electron chi connectivity index (χ0n) is 8.92. The van der Waals surface area contributed by atoms with Gasteiger partial charge in [-0.15, -0.1) is 0 Å². The van der Waals surface area contributed by atoms with Crippen LogP contribution in [0.1, 0.15) is 42.9 Å². The molecule has 1 aromatic carbocycles. The molecule has 1 atom stereocenters. The van der Waals surface area contributed by atoms with Crippen molar-refractivity contribution < 1.29 is 0 Å². The van der Waals surface area contributed by atoms with Crippen LogP contribution in [0.3, 0.4) is 0 Å². The van der Waals surface area contributed by atoms with Crippen molar-refractivity contribution in [2.24, 2.45) is 0 Å². The van der Waals surface area contributed by atoms with Gasteiger partial charge in [-0.2, -0.15) is 0 Å². The number of nitrogens with one attached hydrogen (secondary N) is 1. The maximum atomic E-state index is 3.64.